The number of rotatable bonds is 0. The molecule has 0 N–H and O–H groups in total. The van der Waals surface area contributed by atoms with E-state index in [1.807, 2.05) is 0 Å². The van der Waals surface area contributed by atoms with Gasteiger partial charge in [0.2, 0.25) is 0 Å². The molecular formula is CH3O2SSn. The van der Waals surface area contributed by atoms with E-state index < -0.39 is 7.02 Å². The standard InChI is InChI=1S/CH3O2S.Sn/c1-4(2)3;/h1H3;. The fourth-order valence-corrected chi connectivity index (χ4v) is 0. The van der Waals surface area contributed by atoms with E-state index in [-0.39, 0.29) is 0 Å². The van der Waals surface area contributed by atoms with Crippen LogP contribution in [0.15, 0.2) is 0 Å². The van der Waals surface area contributed by atoms with Crippen molar-refractivity contribution in [3.05, 3.63) is 0 Å². The van der Waals surface area contributed by atoms with Gasteiger partial charge in [0, 0.05) is 0 Å². The molecule has 0 aromatic heterocycles. The maximum atomic E-state index is 9.67. The topological polar surface area (TPSA) is 34.1 Å². The summed E-state index contributed by atoms with van der Waals surface area (Å²) >= 11 is 0.590. The van der Waals surface area contributed by atoms with Crippen LogP contribution in [0.4, 0.5) is 0 Å². The van der Waals surface area contributed by atoms with Gasteiger partial charge in [-0.1, -0.05) is 0 Å². The zero-order valence-electron chi connectivity index (χ0n) is 2.72. The van der Waals surface area contributed by atoms with Gasteiger partial charge in [-0.05, 0) is 0 Å². The Hall–Kier alpha value is 0.749. The van der Waals surface area contributed by atoms with E-state index in [9.17, 15) is 8.42 Å². The van der Waals surface area contributed by atoms with Crippen LogP contribution in [-0.4, -0.2) is 35.8 Å². The summed E-state index contributed by atoms with van der Waals surface area (Å²) < 4.78 is 19.3. The van der Waals surface area contributed by atoms with E-state index in [0.717, 1.165) is 0 Å². The SMILES string of the molecule is C[S](=O)(=O)[Sn]. The predicted molar refractivity (Wildman–Crippen MR) is 20.6 cm³/mol. The summed E-state index contributed by atoms with van der Waals surface area (Å²) in [7, 11) is -2.58. The normalized spacial score (nSPS) is 11.6. The van der Waals surface area contributed by atoms with Crippen molar-refractivity contribution < 1.29 is 8.42 Å². The third-order valence-corrected chi connectivity index (χ3v) is 0. The molecule has 0 aliphatic rings. The Morgan fingerprint density at radius 2 is 1.60 bits per heavy atom. The maximum absolute atomic E-state index is 9.67. The van der Waals surface area contributed by atoms with Crippen molar-refractivity contribution in [1.29, 1.82) is 0 Å². The van der Waals surface area contributed by atoms with Crippen LogP contribution in [0.3, 0.4) is 0 Å². The summed E-state index contributed by atoms with van der Waals surface area (Å²) in [6.45, 7) is 0. The minimum atomic E-state index is -2.58. The molecule has 0 heterocycles. The van der Waals surface area contributed by atoms with Crippen molar-refractivity contribution in [3.8, 4) is 0 Å². The third-order valence-electron chi connectivity index (χ3n) is 0. The van der Waals surface area contributed by atoms with Crippen molar-refractivity contribution >= 4 is 28.2 Å². The predicted octanol–water partition coefficient (Wildman–Crippen LogP) is -0.885. The molecule has 0 unspecified atom stereocenters. The van der Waals surface area contributed by atoms with Crippen LogP contribution < -0.4 is 0 Å². The number of hydrogen-bond acceptors (Lipinski definition) is 2. The molecule has 29 valence electrons. The molecule has 0 rings (SSSR count). The van der Waals surface area contributed by atoms with Gasteiger partial charge in [0.25, 0.3) is 0 Å². The Bertz CT molecular complexity index is 92.8. The summed E-state index contributed by atoms with van der Waals surface area (Å²) in [5.41, 5.74) is 0. The summed E-state index contributed by atoms with van der Waals surface area (Å²) in [4.78, 5) is 0. The van der Waals surface area contributed by atoms with E-state index in [1.54, 1.807) is 0 Å². The van der Waals surface area contributed by atoms with Gasteiger partial charge in [0.15, 0.2) is 0 Å². The molecule has 0 aliphatic heterocycles. The Labute approximate surface area is 43.0 Å². The molecule has 2 nitrogen and oxygen atoms in total. The fourth-order valence-electron chi connectivity index (χ4n) is 0. The van der Waals surface area contributed by atoms with Crippen molar-refractivity contribution in [2.45, 2.75) is 0 Å². The average molecular weight is 198 g/mol. The summed E-state index contributed by atoms with van der Waals surface area (Å²) in [6, 6.07) is 0. The van der Waals surface area contributed by atoms with E-state index in [0.29, 0.717) is 21.1 Å². The van der Waals surface area contributed by atoms with Crippen LogP contribution in [-0.2, 0) is 7.02 Å². The first kappa shape index (κ1) is 5.75. The molecule has 0 aliphatic carbocycles. The van der Waals surface area contributed by atoms with Gasteiger partial charge in [0.1, 0.15) is 0 Å². The molecule has 0 saturated carbocycles. The first-order chi connectivity index (χ1) is 2.00. The molecule has 0 saturated heterocycles. The molecule has 0 fully saturated rings. The Balaban J connectivity index is 4.06. The Morgan fingerprint density at radius 1 is 1.60 bits per heavy atom. The van der Waals surface area contributed by atoms with Crippen molar-refractivity contribution in [3.63, 3.8) is 0 Å². The molecule has 0 bridgehead atoms. The van der Waals surface area contributed by atoms with Gasteiger partial charge in [-0.3, -0.25) is 0 Å². The second-order valence-corrected chi connectivity index (χ2v) is 8.67. The monoisotopic (exact) mass is 199 g/mol. The van der Waals surface area contributed by atoms with E-state index >= 15 is 0 Å². The molecule has 4 heteroatoms. The molecular weight excluding hydrogens is 195 g/mol. The molecule has 5 heavy (non-hydrogen) atoms. The summed E-state index contributed by atoms with van der Waals surface area (Å²) in [6.07, 6.45) is 1.20. The molecule has 0 atom stereocenters. The van der Waals surface area contributed by atoms with Crippen LogP contribution in [0.25, 0.3) is 0 Å². The molecule has 0 spiro atoms. The summed E-state index contributed by atoms with van der Waals surface area (Å²) in [5.74, 6) is 0. The zero-order chi connectivity index (χ0) is 4.50. The summed E-state index contributed by atoms with van der Waals surface area (Å²) in [5, 5.41) is 0. The number of hydrogen-bond donors (Lipinski definition) is 0. The van der Waals surface area contributed by atoms with Gasteiger partial charge in [-0.25, -0.2) is 0 Å². The van der Waals surface area contributed by atoms with Crippen LogP contribution in [0.2, 0.25) is 0 Å². The fraction of sp³-hybridized carbons (Fsp3) is 1.00. The van der Waals surface area contributed by atoms with Crippen molar-refractivity contribution in [2.75, 3.05) is 6.26 Å². The Morgan fingerprint density at radius 3 is 1.60 bits per heavy atom. The van der Waals surface area contributed by atoms with Gasteiger partial charge >= 0.3 is 42.8 Å². The van der Waals surface area contributed by atoms with Gasteiger partial charge < -0.3 is 0 Å². The van der Waals surface area contributed by atoms with Crippen LogP contribution in [0.5, 0.6) is 0 Å². The quantitative estimate of drug-likeness (QED) is 0.473. The van der Waals surface area contributed by atoms with E-state index in [4.69, 9.17) is 0 Å². The molecule has 0 aromatic rings. The molecule has 0 amide bonds. The second kappa shape index (κ2) is 1.47. The van der Waals surface area contributed by atoms with Crippen molar-refractivity contribution in [2.24, 2.45) is 0 Å². The zero-order valence-corrected chi connectivity index (χ0v) is 6.40. The minimum absolute atomic E-state index is 0.590. The molecule has 0 aromatic carbocycles. The molecule has 3 radical (unpaired) electrons. The van der Waals surface area contributed by atoms with E-state index in [1.165, 1.54) is 6.26 Å². The van der Waals surface area contributed by atoms with Crippen LogP contribution in [0.1, 0.15) is 0 Å². The average Bonchev–Trinajstić information content (AvgIpc) is 0.722. The van der Waals surface area contributed by atoms with Crippen LogP contribution >= 0.6 is 0 Å². The first-order valence-electron chi connectivity index (χ1n) is 0.946. The second-order valence-electron chi connectivity index (χ2n) is 0.772. The Kier molecular flexibility index (Phi) is 1.68. The van der Waals surface area contributed by atoms with E-state index in [2.05, 4.69) is 0 Å². The van der Waals surface area contributed by atoms with Crippen LogP contribution in [0, 0.1) is 0 Å². The first-order valence-corrected chi connectivity index (χ1v) is 6.33. The van der Waals surface area contributed by atoms with Gasteiger partial charge in [0.05, 0.1) is 0 Å². The van der Waals surface area contributed by atoms with Crippen molar-refractivity contribution in [1.82, 2.24) is 0 Å². The third kappa shape index (κ3) is 64.0. The van der Waals surface area contributed by atoms with Gasteiger partial charge in [-0.2, -0.15) is 0 Å². The van der Waals surface area contributed by atoms with Gasteiger partial charge in [-0.15, -0.1) is 0 Å².